The molecule has 0 aliphatic rings. The number of nitrogens with zero attached hydrogens (tertiary/aromatic N) is 1. The Morgan fingerprint density at radius 2 is 2.15 bits per heavy atom. The summed E-state index contributed by atoms with van der Waals surface area (Å²) in [5.41, 5.74) is 7.53. The van der Waals surface area contributed by atoms with E-state index in [9.17, 15) is 0 Å². The molecule has 5 nitrogen and oxygen atoms in total. The average Bonchev–Trinajstić information content (AvgIpc) is 2.44. The van der Waals surface area contributed by atoms with Crippen LogP contribution in [0, 0.1) is 5.41 Å². The zero-order valence-electron chi connectivity index (χ0n) is 12.3. The van der Waals surface area contributed by atoms with Crippen molar-refractivity contribution in [1.82, 2.24) is 5.32 Å². The average molecular weight is 279 g/mol. The van der Waals surface area contributed by atoms with Crippen molar-refractivity contribution in [3.05, 3.63) is 35.4 Å². The van der Waals surface area contributed by atoms with Crippen molar-refractivity contribution < 1.29 is 10.3 Å². The largest absolute Gasteiger partial charge is 0.409 e. The molecule has 5 heteroatoms. The molecule has 0 radical (unpaired) electrons. The second-order valence-corrected chi connectivity index (χ2v) is 5.78. The van der Waals surface area contributed by atoms with Gasteiger partial charge >= 0.3 is 0 Å². The molecule has 112 valence electrons. The van der Waals surface area contributed by atoms with E-state index in [0.717, 1.165) is 31.5 Å². The standard InChI is InChI=1S/C15H25N3O2/c1-15(2,7-4-8-19)11-17-10-12-5-3-6-13(9-12)14(16)18-20/h3,5-6,9,17,19-20H,4,7-8,10-11H2,1-2H3,(H2,16,18). The Kier molecular flexibility index (Phi) is 6.48. The number of nitrogens with two attached hydrogens (primary N) is 1. The highest BCUT2D eigenvalue weighted by Gasteiger charge is 2.16. The SMILES string of the molecule is CC(C)(CCCO)CNCc1cccc(/C(N)=N/O)c1. The van der Waals surface area contributed by atoms with E-state index in [1.165, 1.54) is 0 Å². The van der Waals surface area contributed by atoms with Crippen LogP contribution in [0.3, 0.4) is 0 Å². The van der Waals surface area contributed by atoms with Gasteiger partial charge in [0.2, 0.25) is 0 Å². The van der Waals surface area contributed by atoms with Crippen LogP contribution in [0.1, 0.15) is 37.8 Å². The number of nitrogens with one attached hydrogen (secondary N) is 1. The van der Waals surface area contributed by atoms with Crippen molar-refractivity contribution in [3.63, 3.8) is 0 Å². The van der Waals surface area contributed by atoms with E-state index in [4.69, 9.17) is 16.0 Å². The molecule has 0 saturated carbocycles. The lowest BCUT2D eigenvalue weighted by atomic mass is 9.88. The quantitative estimate of drug-likeness (QED) is 0.252. The van der Waals surface area contributed by atoms with E-state index in [1.807, 2.05) is 24.3 Å². The first-order valence-electron chi connectivity index (χ1n) is 6.87. The fourth-order valence-corrected chi connectivity index (χ4v) is 2.09. The Hall–Kier alpha value is -1.59. The number of rotatable bonds is 8. The van der Waals surface area contributed by atoms with E-state index in [-0.39, 0.29) is 17.9 Å². The highest BCUT2D eigenvalue weighted by Crippen LogP contribution is 2.20. The second kappa shape index (κ2) is 7.87. The number of hydrogen-bond donors (Lipinski definition) is 4. The topological polar surface area (TPSA) is 90.9 Å². The van der Waals surface area contributed by atoms with Crippen LogP contribution in [0.2, 0.25) is 0 Å². The maximum absolute atomic E-state index is 8.88. The van der Waals surface area contributed by atoms with Gasteiger partial charge in [0.05, 0.1) is 0 Å². The summed E-state index contributed by atoms with van der Waals surface area (Å²) >= 11 is 0. The third-order valence-electron chi connectivity index (χ3n) is 3.27. The van der Waals surface area contributed by atoms with Crippen molar-refractivity contribution in [2.24, 2.45) is 16.3 Å². The summed E-state index contributed by atoms with van der Waals surface area (Å²) in [4.78, 5) is 0. The molecule has 0 spiro atoms. The Labute approximate surface area is 120 Å². The summed E-state index contributed by atoms with van der Waals surface area (Å²) in [6, 6.07) is 7.61. The van der Waals surface area contributed by atoms with Gasteiger partial charge in [0, 0.05) is 25.3 Å². The molecule has 0 aromatic heterocycles. The Bertz CT molecular complexity index is 444. The van der Waals surface area contributed by atoms with Crippen LogP contribution in [-0.2, 0) is 6.54 Å². The summed E-state index contributed by atoms with van der Waals surface area (Å²) in [6.07, 6.45) is 1.81. The Morgan fingerprint density at radius 3 is 2.80 bits per heavy atom. The minimum atomic E-state index is 0.120. The molecule has 1 aromatic carbocycles. The fraction of sp³-hybridized carbons (Fsp3) is 0.533. The molecule has 1 rings (SSSR count). The molecule has 0 unspecified atom stereocenters. The van der Waals surface area contributed by atoms with Crippen LogP contribution < -0.4 is 11.1 Å². The lowest BCUT2D eigenvalue weighted by Gasteiger charge is -2.24. The van der Waals surface area contributed by atoms with Gasteiger partial charge in [0.15, 0.2) is 5.84 Å². The van der Waals surface area contributed by atoms with Gasteiger partial charge in [-0.05, 0) is 29.9 Å². The predicted molar refractivity (Wildman–Crippen MR) is 80.8 cm³/mol. The highest BCUT2D eigenvalue weighted by molar-refractivity contribution is 5.97. The number of hydrogen-bond acceptors (Lipinski definition) is 4. The minimum absolute atomic E-state index is 0.120. The number of amidine groups is 1. The molecule has 0 bridgehead atoms. The summed E-state index contributed by atoms with van der Waals surface area (Å²) in [5, 5.41) is 24.0. The van der Waals surface area contributed by atoms with E-state index in [1.54, 1.807) is 0 Å². The molecule has 1 aromatic rings. The van der Waals surface area contributed by atoms with Crippen LogP contribution in [-0.4, -0.2) is 29.3 Å². The van der Waals surface area contributed by atoms with Crippen LogP contribution in [0.4, 0.5) is 0 Å². The van der Waals surface area contributed by atoms with Crippen LogP contribution in [0.5, 0.6) is 0 Å². The van der Waals surface area contributed by atoms with Gasteiger partial charge in [0.1, 0.15) is 0 Å². The third kappa shape index (κ3) is 5.59. The van der Waals surface area contributed by atoms with Crippen molar-refractivity contribution in [1.29, 1.82) is 0 Å². The summed E-state index contributed by atoms with van der Waals surface area (Å²) in [5.74, 6) is 0.120. The number of benzene rings is 1. The Balaban J connectivity index is 2.50. The minimum Gasteiger partial charge on any atom is -0.409 e. The van der Waals surface area contributed by atoms with Crippen LogP contribution >= 0.6 is 0 Å². The highest BCUT2D eigenvalue weighted by atomic mass is 16.4. The number of oxime groups is 1. The maximum atomic E-state index is 8.88. The molecule has 5 N–H and O–H groups in total. The molecule has 0 amide bonds. The Morgan fingerprint density at radius 1 is 1.40 bits per heavy atom. The molecule has 0 heterocycles. The maximum Gasteiger partial charge on any atom is 0.170 e. The molecule has 0 fully saturated rings. The summed E-state index contributed by atoms with van der Waals surface area (Å²) in [6.45, 7) is 6.21. The normalized spacial score (nSPS) is 12.7. The van der Waals surface area contributed by atoms with Gasteiger partial charge in [-0.15, -0.1) is 0 Å². The first kappa shape index (κ1) is 16.5. The van der Waals surface area contributed by atoms with Gasteiger partial charge in [-0.3, -0.25) is 0 Å². The van der Waals surface area contributed by atoms with Crippen LogP contribution in [0.15, 0.2) is 29.4 Å². The van der Waals surface area contributed by atoms with Crippen molar-refractivity contribution in [2.45, 2.75) is 33.2 Å². The van der Waals surface area contributed by atoms with Crippen molar-refractivity contribution in [2.75, 3.05) is 13.2 Å². The van der Waals surface area contributed by atoms with Crippen molar-refractivity contribution in [3.8, 4) is 0 Å². The van der Waals surface area contributed by atoms with E-state index < -0.39 is 0 Å². The molecular weight excluding hydrogens is 254 g/mol. The summed E-state index contributed by atoms with van der Waals surface area (Å²) in [7, 11) is 0. The third-order valence-corrected chi connectivity index (χ3v) is 3.27. The zero-order valence-corrected chi connectivity index (χ0v) is 12.3. The van der Waals surface area contributed by atoms with E-state index >= 15 is 0 Å². The van der Waals surface area contributed by atoms with Gasteiger partial charge in [0.25, 0.3) is 0 Å². The first-order chi connectivity index (χ1) is 9.48. The predicted octanol–water partition coefficient (Wildman–Crippen LogP) is 1.67. The van der Waals surface area contributed by atoms with E-state index in [0.29, 0.717) is 5.56 Å². The van der Waals surface area contributed by atoms with Crippen LogP contribution in [0.25, 0.3) is 0 Å². The molecule has 20 heavy (non-hydrogen) atoms. The first-order valence-corrected chi connectivity index (χ1v) is 6.87. The van der Waals surface area contributed by atoms with Crippen molar-refractivity contribution >= 4 is 5.84 Å². The lowest BCUT2D eigenvalue weighted by molar-refractivity contribution is 0.236. The van der Waals surface area contributed by atoms with Gasteiger partial charge in [-0.25, -0.2) is 0 Å². The molecule has 0 aliphatic carbocycles. The molecule has 0 aliphatic heterocycles. The van der Waals surface area contributed by atoms with Gasteiger partial charge in [-0.1, -0.05) is 37.2 Å². The van der Waals surface area contributed by atoms with Gasteiger partial charge in [-0.2, -0.15) is 0 Å². The number of aliphatic hydroxyl groups is 1. The molecule has 0 saturated heterocycles. The van der Waals surface area contributed by atoms with Gasteiger partial charge < -0.3 is 21.4 Å². The van der Waals surface area contributed by atoms with E-state index in [2.05, 4.69) is 24.3 Å². The lowest BCUT2D eigenvalue weighted by Crippen LogP contribution is -2.29. The molecular formula is C15H25N3O2. The molecule has 0 atom stereocenters. The smallest absolute Gasteiger partial charge is 0.170 e. The number of aliphatic hydroxyl groups excluding tert-OH is 1. The fourth-order valence-electron chi connectivity index (χ4n) is 2.09. The summed E-state index contributed by atoms with van der Waals surface area (Å²) < 4.78 is 0. The second-order valence-electron chi connectivity index (χ2n) is 5.78. The zero-order chi connectivity index (χ0) is 15.0. The monoisotopic (exact) mass is 279 g/mol.